The molecule has 1 aromatic heterocycles. The number of rotatable bonds is 7. The Bertz CT molecular complexity index is 991. The average molecular weight is 376 g/mol. The van der Waals surface area contributed by atoms with E-state index >= 15 is 0 Å². The molecule has 28 heavy (non-hydrogen) atoms. The lowest BCUT2D eigenvalue weighted by atomic mass is 9.98. The second kappa shape index (κ2) is 9.53. The number of pyridine rings is 1. The fourth-order valence-corrected chi connectivity index (χ4v) is 3.28. The summed E-state index contributed by atoms with van der Waals surface area (Å²) >= 11 is 0. The van der Waals surface area contributed by atoms with Crippen LogP contribution in [0.3, 0.4) is 0 Å². The summed E-state index contributed by atoms with van der Waals surface area (Å²) in [5.74, 6) is 0.0229. The van der Waals surface area contributed by atoms with Gasteiger partial charge in [0.25, 0.3) is 5.56 Å². The third kappa shape index (κ3) is 4.86. The Morgan fingerprint density at radius 1 is 1.14 bits per heavy atom. The van der Waals surface area contributed by atoms with Crippen molar-refractivity contribution in [3.8, 4) is 12.1 Å². The molecule has 1 N–H and O–H groups in total. The molecule has 6 heteroatoms. The average Bonchev–Trinajstić information content (AvgIpc) is 2.68. The van der Waals surface area contributed by atoms with Crippen molar-refractivity contribution in [3.05, 3.63) is 68.1 Å². The van der Waals surface area contributed by atoms with Gasteiger partial charge in [0, 0.05) is 25.2 Å². The Morgan fingerprint density at radius 2 is 1.82 bits per heavy atom. The number of aromatic nitrogens is 1. The number of nitrogens with one attached hydrogen (secondary N) is 1. The van der Waals surface area contributed by atoms with E-state index in [1.807, 2.05) is 30.0 Å². The van der Waals surface area contributed by atoms with Crippen LogP contribution in [0.5, 0.6) is 0 Å². The van der Waals surface area contributed by atoms with E-state index in [9.17, 15) is 14.9 Å². The number of nitriles is 2. The topological polar surface area (TPSA) is 101 Å². The maximum Gasteiger partial charge on any atom is 0.266 e. The third-order valence-electron chi connectivity index (χ3n) is 4.81. The maximum atomic E-state index is 12.8. The molecule has 0 atom stereocenters. The molecule has 144 valence electrons. The second-order valence-electron chi connectivity index (χ2n) is 6.79. The van der Waals surface area contributed by atoms with Crippen molar-refractivity contribution >= 4 is 5.91 Å². The fraction of sp³-hybridized carbons (Fsp3) is 0.364. The Morgan fingerprint density at radius 3 is 2.39 bits per heavy atom. The van der Waals surface area contributed by atoms with Crippen molar-refractivity contribution in [2.24, 2.45) is 0 Å². The first-order chi connectivity index (χ1) is 13.4. The number of nitrogens with zero attached hydrogens (tertiary/aromatic N) is 3. The number of hydrogen-bond donors (Lipinski definition) is 1. The van der Waals surface area contributed by atoms with Gasteiger partial charge in [-0.05, 0) is 55.5 Å². The Labute approximate surface area is 165 Å². The summed E-state index contributed by atoms with van der Waals surface area (Å²) in [6, 6.07) is 11.3. The van der Waals surface area contributed by atoms with Gasteiger partial charge >= 0.3 is 0 Å². The van der Waals surface area contributed by atoms with Gasteiger partial charge in [0.2, 0.25) is 5.91 Å². The quantitative estimate of drug-likeness (QED) is 0.802. The first kappa shape index (κ1) is 20.9. The van der Waals surface area contributed by atoms with Crippen LogP contribution in [0, 0.1) is 36.5 Å². The number of amides is 1. The molecule has 0 fully saturated rings. The first-order valence-electron chi connectivity index (χ1n) is 9.30. The van der Waals surface area contributed by atoms with E-state index in [-0.39, 0.29) is 17.0 Å². The summed E-state index contributed by atoms with van der Waals surface area (Å²) in [6.07, 6.45) is 1.61. The van der Waals surface area contributed by atoms with Crippen molar-refractivity contribution in [2.75, 3.05) is 6.54 Å². The van der Waals surface area contributed by atoms with Crippen LogP contribution in [0.2, 0.25) is 0 Å². The molecule has 0 bridgehead atoms. The summed E-state index contributed by atoms with van der Waals surface area (Å²) in [4.78, 5) is 29.2. The summed E-state index contributed by atoms with van der Waals surface area (Å²) in [7, 11) is 0. The predicted molar refractivity (Wildman–Crippen MR) is 106 cm³/mol. The van der Waals surface area contributed by atoms with Gasteiger partial charge in [-0.15, -0.1) is 0 Å². The summed E-state index contributed by atoms with van der Waals surface area (Å²) in [5, 5.41) is 18.1. The normalized spacial score (nSPS) is 10.2. The summed E-state index contributed by atoms with van der Waals surface area (Å²) < 4.78 is 0. The van der Waals surface area contributed by atoms with Gasteiger partial charge in [-0.1, -0.05) is 19.1 Å². The van der Waals surface area contributed by atoms with Crippen molar-refractivity contribution in [1.82, 2.24) is 9.88 Å². The zero-order valence-corrected chi connectivity index (χ0v) is 16.5. The van der Waals surface area contributed by atoms with Crippen LogP contribution in [0.15, 0.2) is 29.1 Å². The zero-order chi connectivity index (χ0) is 20.7. The van der Waals surface area contributed by atoms with E-state index in [4.69, 9.17) is 5.26 Å². The first-order valence-corrected chi connectivity index (χ1v) is 9.30. The van der Waals surface area contributed by atoms with Crippen LogP contribution in [0.4, 0.5) is 0 Å². The Balaban J connectivity index is 2.14. The molecule has 0 radical (unpaired) electrons. The lowest BCUT2D eigenvalue weighted by Gasteiger charge is -2.23. The molecule has 0 saturated carbocycles. The van der Waals surface area contributed by atoms with Gasteiger partial charge in [-0.2, -0.15) is 10.5 Å². The molecule has 2 rings (SSSR count). The minimum Gasteiger partial charge on any atom is -0.338 e. The number of H-pyrrole nitrogens is 1. The van der Waals surface area contributed by atoms with Crippen molar-refractivity contribution in [1.29, 1.82) is 10.5 Å². The highest BCUT2D eigenvalue weighted by molar-refractivity contribution is 5.76. The van der Waals surface area contributed by atoms with Gasteiger partial charge in [-0.3, -0.25) is 9.59 Å². The molecule has 0 unspecified atom stereocenters. The SMILES string of the molecule is CCCN(Cc1ccc(C#N)cc1)C(=O)CCc1c(C)[nH]c(=O)c(C#N)c1C. The maximum absolute atomic E-state index is 12.8. The fourth-order valence-electron chi connectivity index (χ4n) is 3.28. The molecular formula is C22H24N4O2. The highest BCUT2D eigenvalue weighted by Gasteiger charge is 2.17. The van der Waals surface area contributed by atoms with Gasteiger partial charge in [-0.25, -0.2) is 0 Å². The van der Waals surface area contributed by atoms with Crippen LogP contribution >= 0.6 is 0 Å². The summed E-state index contributed by atoms with van der Waals surface area (Å²) in [5.41, 5.74) is 3.48. The predicted octanol–water partition coefficient (Wildman–Crippen LogP) is 3.11. The van der Waals surface area contributed by atoms with Crippen LogP contribution in [0.25, 0.3) is 0 Å². The van der Waals surface area contributed by atoms with Crippen molar-refractivity contribution in [3.63, 3.8) is 0 Å². The Hall–Kier alpha value is -3.38. The standard InChI is InChI=1S/C22H24N4O2/c1-4-11-26(14-18-7-5-17(12-23)6-8-18)21(27)10-9-19-15(2)20(13-24)22(28)25-16(19)3/h5-8H,4,9-11,14H2,1-3H3,(H,25,28). The molecule has 0 aliphatic heterocycles. The molecule has 1 heterocycles. The van der Waals surface area contributed by atoms with E-state index in [0.29, 0.717) is 42.8 Å². The number of aromatic amines is 1. The molecular weight excluding hydrogens is 352 g/mol. The number of hydrogen-bond acceptors (Lipinski definition) is 4. The van der Waals surface area contributed by atoms with Crippen molar-refractivity contribution < 1.29 is 4.79 Å². The van der Waals surface area contributed by atoms with Crippen LogP contribution in [-0.4, -0.2) is 22.3 Å². The van der Waals surface area contributed by atoms with Crippen molar-refractivity contribution in [2.45, 2.75) is 46.6 Å². The molecule has 0 saturated heterocycles. The number of carbonyl (C=O) groups excluding carboxylic acids is 1. The summed E-state index contributed by atoms with van der Waals surface area (Å²) in [6.45, 7) is 6.70. The molecule has 0 spiro atoms. The third-order valence-corrected chi connectivity index (χ3v) is 4.81. The minimum absolute atomic E-state index is 0.0229. The van der Waals surface area contributed by atoms with Gasteiger partial charge in [0.15, 0.2) is 0 Å². The number of aryl methyl sites for hydroxylation is 1. The number of benzene rings is 1. The largest absolute Gasteiger partial charge is 0.338 e. The van der Waals surface area contributed by atoms with E-state index < -0.39 is 0 Å². The van der Waals surface area contributed by atoms with Gasteiger partial charge in [0.1, 0.15) is 11.6 Å². The highest BCUT2D eigenvalue weighted by Crippen LogP contribution is 2.16. The van der Waals surface area contributed by atoms with E-state index in [1.165, 1.54) is 0 Å². The lowest BCUT2D eigenvalue weighted by Crippen LogP contribution is -2.31. The van der Waals surface area contributed by atoms with Crippen LogP contribution in [0.1, 0.15) is 53.3 Å². The number of carbonyl (C=O) groups is 1. The molecule has 0 aliphatic rings. The smallest absolute Gasteiger partial charge is 0.266 e. The van der Waals surface area contributed by atoms with Crippen LogP contribution in [-0.2, 0) is 17.8 Å². The van der Waals surface area contributed by atoms with E-state index in [2.05, 4.69) is 11.1 Å². The lowest BCUT2D eigenvalue weighted by molar-refractivity contribution is -0.131. The molecule has 0 aliphatic carbocycles. The molecule has 2 aromatic rings. The highest BCUT2D eigenvalue weighted by atomic mass is 16.2. The molecule has 1 aromatic carbocycles. The van der Waals surface area contributed by atoms with E-state index in [0.717, 1.165) is 17.5 Å². The van der Waals surface area contributed by atoms with Gasteiger partial charge < -0.3 is 9.88 Å². The zero-order valence-electron chi connectivity index (χ0n) is 16.5. The monoisotopic (exact) mass is 376 g/mol. The molecule has 6 nitrogen and oxygen atoms in total. The Kier molecular flexibility index (Phi) is 7.12. The molecule has 1 amide bonds. The second-order valence-corrected chi connectivity index (χ2v) is 6.79. The van der Waals surface area contributed by atoms with Gasteiger partial charge in [0.05, 0.1) is 11.6 Å². The minimum atomic E-state index is -0.388. The van der Waals surface area contributed by atoms with Crippen LogP contribution < -0.4 is 5.56 Å². The van der Waals surface area contributed by atoms with E-state index in [1.54, 1.807) is 26.0 Å².